The lowest BCUT2D eigenvalue weighted by atomic mass is 10.2. The van der Waals surface area contributed by atoms with Gasteiger partial charge in [0.05, 0.1) is 12.7 Å². The summed E-state index contributed by atoms with van der Waals surface area (Å²) in [5.74, 6) is 0. The number of hydrogen-bond donors (Lipinski definition) is 1. The van der Waals surface area contributed by atoms with E-state index in [-0.39, 0.29) is 6.10 Å². The minimum Gasteiger partial charge on any atom is -0.374 e. The van der Waals surface area contributed by atoms with E-state index in [1.54, 1.807) is 0 Å². The van der Waals surface area contributed by atoms with E-state index < -0.39 is 0 Å². The van der Waals surface area contributed by atoms with Crippen molar-refractivity contribution >= 4 is 0 Å². The van der Waals surface area contributed by atoms with Crippen molar-refractivity contribution in [1.29, 1.82) is 0 Å². The third-order valence-corrected chi connectivity index (χ3v) is 2.90. The molecule has 1 saturated heterocycles. The summed E-state index contributed by atoms with van der Waals surface area (Å²) in [4.78, 5) is 6.72. The zero-order chi connectivity index (χ0) is 11.2. The van der Waals surface area contributed by atoms with Gasteiger partial charge in [0.25, 0.3) is 0 Å². The lowest BCUT2D eigenvalue weighted by Crippen LogP contribution is -2.46. The number of ether oxygens (including phenoxy) is 1. The third-order valence-electron chi connectivity index (χ3n) is 2.90. The third kappa shape index (κ3) is 3.27. The van der Waals surface area contributed by atoms with Crippen LogP contribution in [0.1, 0.15) is 5.69 Å². The van der Waals surface area contributed by atoms with E-state index in [1.807, 2.05) is 18.3 Å². The summed E-state index contributed by atoms with van der Waals surface area (Å²) in [5.41, 5.74) is 6.76. The molecule has 1 aliphatic heterocycles. The van der Waals surface area contributed by atoms with E-state index in [0.717, 1.165) is 38.4 Å². The van der Waals surface area contributed by atoms with Crippen LogP contribution in [0.5, 0.6) is 0 Å². The standard InChI is InChI=1S/C12H19N3O/c13-9-12-10-15(7-8-16-12)6-4-11-3-1-2-5-14-11/h1-3,5,12H,4,6-10,13H2. The molecule has 0 aliphatic carbocycles. The zero-order valence-corrected chi connectivity index (χ0v) is 9.51. The SMILES string of the molecule is NCC1CN(CCc2ccccn2)CCO1. The highest BCUT2D eigenvalue weighted by Gasteiger charge is 2.18. The van der Waals surface area contributed by atoms with Gasteiger partial charge in [0.15, 0.2) is 0 Å². The maximum atomic E-state index is 5.61. The summed E-state index contributed by atoms with van der Waals surface area (Å²) in [7, 11) is 0. The first kappa shape index (κ1) is 11.5. The quantitative estimate of drug-likeness (QED) is 0.793. The van der Waals surface area contributed by atoms with Crippen LogP contribution in [-0.2, 0) is 11.2 Å². The molecule has 2 rings (SSSR count). The summed E-state index contributed by atoms with van der Waals surface area (Å²) < 4.78 is 5.53. The Labute approximate surface area is 96.4 Å². The van der Waals surface area contributed by atoms with E-state index >= 15 is 0 Å². The molecule has 0 amide bonds. The Balaban J connectivity index is 1.77. The molecule has 1 aromatic heterocycles. The van der Waals surface area contributed by atoms with Crippen molar-refractivity contribution in [2.45, 2.75) is 12.5 Å². The van der Waals surface area contributed by atoms with Crippen LogP contribution in [0.3, 0.4) is 0 Å². The van der Waals surface area contributed by atoms with E-state index in [4.69, 9.17) is 10.5 Å². The van der Waals surface area contributed by atoms with E-state index in [0.29, 0.717) is 6.54 Å². The predicted octanol–water partition coefficient (Wildman–Crippen LogP) is 0.284. The van der Waals surface area contributed by atoms with Crippen molar-refractivity contribution in [2.24, 2.45) is 5.73 Å². The molecule has 1 fully saturated rings. The molecule has 0 spiro atoms. The smallest absolute Gasteiger partial charge is 0.0824 e. The molecule has 0 saturated carbocycles. The van der Waals surface area contributed by atoms with Gasteiger partial charge in [-0.05, 0) is 12.1 Å². The van der Waals surface area contributed by atoms with E-state index in [9.17, 15) is 0 Å². The largest absolute Gasteiger partial charge is 0.374 e. The van der Waals surface area contributed by atoms with Crippen LogP contribution >= 0.6 is 0 Å². The van der Waals surface area contributed by atoms with Crippen molar-refractivity contribution in [2.75, 3.05) is 32.8 Å². The molecule has 1 aromatic rings. The highest BCUT2D eigenvalue weighted by Crippen LogP contribution is 2.05. The molecule has 0 radical (unpaired) electrons. The molecule has 4 heteroatoms. The average molecular weight is 221 g/mol. The lowest BCUT2D eigenvalue weighted by Gasteiger charge is -2.32. The predicted molar refractivity (Wildman–Crippen MR) is 63.2 cm³/mol. The topological polar surface area (TPSA) is 51.4 Å². The second-order valence-electron chi connectivity index (χ2n) is 4.10. The molecular weight excluding hydrogens is 202 g/mol. The maximum Gasteiger partial charge on any atom is 0.0824 e. The molecule has 1 aliphatic rings. The van der Waals surface area contributed by atoms with Crippen LogP contribution in [0.15, 0.2) is 24.4 Å². The number of nitrogens with zero attached hydrogens (tertiary/aromatic N) is 2. The summed E-state index contributed by atoms with van der Waals surface area (Å²) in [6, 6.07) is 6.05. The normalized spacial score (nSPS) is 22.2. The zero-order valence-electron chi connectivity index (χ0n) is 9.51. The molecule has 1 unspecified atom stereocenters. The fraction of sp³-hybridized carbons (Fsp3) is 0.583. The summed E-state index contributed by atoms with van der Waals surface area (Å²) in [6.45, 7) is 4.40. The molecule has 2 heterocycles. The lowest BCUT2D eigenvalue weighted by molar-refractivity contribution is -0.0227. The molecule has 16 heavy (non-hydrogen) atoms. The molecule has 0 aromatic carbocycles. The van der Waals surface area contributed by atoms with Crippen LogP contribution in [0.2, 0.25) is 0 Å². The number of aromatic nitrogens is 1. The van der Waals surface area contributed by atoms with Crippen LogP contribution < -0.4 is 5.73 Å². The fourth-order valence-corrected chi connectivity index (χ4v) is 1.94. The van der Waals surface area contributed by atoms with Gasteiger partial charge in [0.2, 0.25) is 0 Å². The van der Waals surface area contributed by atoms with Gasteiger partial charge in [-0.2, -0.15) is 0 Å². The van der Waals surface area contributed by atoms with E-state index in [1.165, 1.54) is 0 Å². The van der Waals surface area contributed by atoms with Crippen molar-refractivity contribution in [1.82, 2.24) is 9.88 Å². The van der Waals surface area contributed by atoms with Gasteiger partial charge >= 0.3 is 0 Å². The monoisotopic (exact) mass is 221 g/mol. The second-order valence-corrected chi connectivity index (χ2v) is 4.10. The highest BCUT2D eigenvalue weighted by molar-refractivity contribution is 5.03. The first-order chi connectivity index (χ1) is 7.88. The Kier molecular flexibility index (Phi) is 4.27. The average Bonchev–Trinajstić information content (AvgIpc) is 2.38. The van der Waals surface area contributed by atoms with Crippen molar-refractivity contribution in [3.63, 3.8) is 0 Å². The Morgan fingerprint density at radius 3 is 3.19 bits per heavy atom. The Morgan fingerprint density at radius 1 is 1.50 bits per heavy atom. The van der Waals surface area contributed by atoms with Crippen molar-refractivity contribution in [3.8, 4) is 0 Å². The van der Waals surface area contributed by atoms with E-state index in [2.05, 4.69) is 16.0 Å². The number of rotatable bonds is 4. The van der Waals surface area contributed by atoms with Crippen LogP contribution in [-0.4, -0.2) is 48.8 Å². The molecule has 2 N–H and O–H groups in total. The number of nitrogens with two attached hydrogens (primary N) is 1. The molecule has 4 nitrogen and oxygen atoms in total. The summed E-state index contributed by atoms with van der Waals surface area (Å²) in [5, 5.41) is 0. The maximum absolute atomic E-state index is 5.61. The van der Waals surface area contributed by atoms with Gasteiger partial charge in [-0.15, -0.1) is 0 Å². The fourth-order valence-electron chi connectivity index (χ4n) is 1.94. The van der Waals surface area contributed by atoms with Crippen molar-refractivity contribution in [3.05, 3.63) is 30.1 Å². The minimum atomic E-state index is 0.206. The van der Waals surface area contributed by atoms with Crippen molar-refractivity contribution < 1.29 is 4.74 Å². The number of morpholine rings is 1. The minimum absolute atomic E-state index is 0.206. The van der Waals surface area contributed by atoms with Gasteiger partial charge in [-0.1, -0.05) is 6.07 Å². The Hall–Kier alpha value is -0.970. The second kappa shape index (κ2) is 5.94. The van der Waals surface area contributed by atoms with Gasteiger partial charge in [-0.3, -0.25) is 9.88 Å². The van der Waals surface area contributed by atoms with Crippen LogP contribution in [0, 0.1) is 0 Å². The Morgan fingerprint density at radius 2 is 2.44 bits per heavy atom. The Bertz CT molecular complexity index is 304. The summed E-state index contributed by atoms with van der Waals surface area (Å²) >= 11 is 0. The van der Waals surface area contributed by atoms with Gasteiger partial charge in [-0.25, -0.2) is 0 Å². The molecular formula is C12H19N3O. The first-order valence-electron chi connectivity index (χ1n) is 5.82. The van der Waals surface area contributed by atoms with Gasteiger partial charge in [0.1, 0.15) is 0 Å². The van der Waals surface area contributed by atoms with Crippen LogP contribution in [0.25, 0.3) is 0 Å². The van der Waals surface area contributed by atoms with Crippen LogP contribution in [0.4, 0.5) is 0 Å². The number of hydrogen-bond acceptors (Lipinski definition) is 4. The first-order valence-corrected chi connectivity index (χ1v) is 5.82. The van der Waals surface area contributed by atoms with Gasteiger partial charge < -0.3 is 10.5 Å². The molecule has 88 valence electrons. The number of pyridine rings is 1. The summed E-state index contributed by atoms with van der Waals surface area (Å²) in [6.07, 6.45) is 3.05. The van der Waals surface area contributed by atoms with Gasteiger partial charge in [0, 0.05) is 44.5 Å². The molecule has 0 bridgehead atoms. The highest BCUT2D eigenvalue weighted by atomic mass is 16.5. The molecule has 1 atom stereocenters.